The molecular weight excluding hydrogens is 461 g/mol. The number of hydrogen-bond donors (Lipinski definition) is 2. The molecule has 0 amide bonds. The third-order valence-corrected chi connectivity index (χ3v) is 5.56. The maximum atomic E-state index is 10.9. The van der Waals surface area contributed by atoms with Crippen molar-refractivity contribution in [1.29, 1.82) is 0 Å². The van der Waals surface area contributed by atoms with Crippen LogP contribution in [0.25, 0.3) is 0 Å². The van der Waals surface area contributed by atoms with Crippen LogP contribution in [-0.2, 0) is 19.7 Å². The summed E-state index contributed by atoms with van der Waals surface area (Å²) in [6.45, 7) is 1.26. The first-order valence-electron chi connectivity index (χ1n) is 9.34. The molecule has 0 aromatic heterocycles. The highest BCUT2D eigenvalue weighted by Gasteiger charge is 2.14. The highest BCUT2D eigenvalue weighted by Crippen LogP contribution is 2.38. The van der Waals surface area contributed by atoms with Gasteiger partial charge >= 0.3 is 5.97 Å². The van der Waals surface area contributed by atoms with Crippen LogP contribution in [0.1, 0.15) is 27.0 Å². The Kier molecular flexibility index (Phi) is 8.04. The van der Waals surface area contributed by atoms with Gasteiger partial charge in [-0.25, -0.2) is 4.79 Å². The molecule has 0 aliphatic rings. The van der Waals surface area contributed by atoms with Crippen molar-refractivity contribution in [1.82, 2.24) is 5.32 Å². The molecule has 31 heavy (non-hydrogen) atoms. The first-order chi connectivity index (χ1) is 14.9. The summed E-state index contributed by atoms with van der Waals surface area (Å²) in [6.07, 6.45) is 0. The van der Waals surface area contributed by atoms with Gasteiger partial charge in [0.15, 0.2) is 11.5 Å². The van der Waals surface area contributed by atoms with Gasteiger partial charge in [-0.1, -0.05) is 53.0 Å². The van der Waals surface area contributed by atoms with Gasteiger partial charge in [0.25, 0.3) is 0 Å². The highest BCUT2D eigenvalue weighted by atomic mass is 35.5. The standard InChI is InChI=1S/C23H20Cl3NO4/c1-30-21-10-15(12-27-11-14-5-7-16(8-6-14)23(28)29)9-20(26)22(21)31-13-17-18(24)3-2-4-19(17)25/h2-10,27H,11-13H2,1H3,(H,28,29). The minimum Gasteiger partial charge on any atom is -0.493 e. The topological polar surface area (TPSA) is 67.8 Å². The fraction of sp³-hybridized carbons (Fsp3) is 0.174. The molecule has 3 aromatic carbocycles. The van der Waals surface area contributed by atoms with E-state index < -0.39 is 5.97 Å². The van der Waals surface area contributed by atoms with Crippen LogP contribution in [0.5, 0.6) is 11.5 Å². The van der Waals surface area contributed by atoms with Crippen LogP contribution in [0.2, 0.25) is 15.1 Å². The van der Waals surface area contributed by atoms with Crippen LogP contribution in [0.3, 0.4) is 0 Å². The Bertz CT molecular complexity index is 1050. The van der Waals surface area contributed by atoms with E-state index in [1.807, 2.05) is 6.07 Å². The molecule has 0 atom stereocenters. The van der Waals surface area contributed by atoms with Crippen LogP contribution >= 0.6 is 34.8 Å². The summed E-state index contributed by atoms with van der Waals surface area (Å²) < 4.78 is 11.3. The van der Waals surface area contributed by atoms with E-state index in [1.54, 1.807) is 55.6 Å². The molecule has 0 bridgehead atoms. The monoisotopic (exact) mass is 479 g/mol. The molecule has 0 fully saturated rings. The summed E-state index contributed by atoms with van der Waals surface area (Å²) in [4.78, 5) is 10.9. The third kappa shape index (κ3) is 6.05. The lowest BCUT2D eigenvalue weighted by Gasteiger charge is -2.15. The molecule has 8 heteroatoms. The van der Waals surface area contributed by atoms with Crippen LogP contribution in [0.15, 0.2) is 54.6 Å². The molecule has 162 valence electrons. The van der Waals surface area contributed by atoms with Crippen LogP contribution in [0, 0.1) is 0 Å². The number of halogens is 3. The second-order valence-electron chi connectivity index (χ2n) is 6.70. The number of aromatic carboxylic acids is 1. The summed E-state index contributed by atoms with van der Waals surface area (Å²) in [7, 11) is 1.54. The maximum Gasteiger partial charge on any atom is 0.335 e. The lowest BCUT2D eigenvalue weighted by atomic mass is 10.1. The van der Waals surface area contributed by atoms with Gasteiger partial charge in [-0.2, -0.15) is 0 Å². The van der Waals surface area contributed by atoms with Gasteiger partial charge in [0.1, 0.15) is 6.61 Å². The number of carboxylic acid groups (broad SMARTS) is 1. The van der Waals surface area contributed by atoms with E-state index in [4.69, 9.17) is 49.4 Å². The van der Waals surface area contributed by atoms with Crippen molar-refractivity contribution in [2.45, 2.75) is 19.7 Å². The number of rotatable bonds is 9. The quantitative estimate of drug-likeness (QED) is 0.380. The fourth-order valence-electron chi connectivity index (χ4n) is 2.95. The number of nitrogens with one attached hydrogen (secondary N) is 1. The average Bonchev–Trinajstić information content (AvgIpc) is 2.74. The van der Waals surface area contributed by atoms with Gasteiger partial charge in [0.05, 0.1) is 17.7 Å². The van der Waals surface area contributed by atoms with Crippen LogP contribution in [0.4, 0.5) is 0 Å². The largest absolute Gasteiger partial charge is 0.493 e. The Balaban J connectivity index is 1.65. The molecule has 0 aliphatic heterocycles. The average molecular weight is 481 g/mol. The van der Waals surface area contributed by atoms with Crippen molar-refractivity contribution >= 4 is 40.8 Å². The molecule has 0 saturated heterocycles. The van der Waals surface area contributed by atoms with E-state index in [1.165, 1.54) is 0 Å². The Hall–Kier alpha value is -2.44. The molecule has 3 aromatic rings. The predicted octanol–water partition coefficient (Wildman–Crippen LogP) is 6.22. The number of hydrogen-bond acceptors (Lipinski definition) is 4. The Morgan fingerprint density at radius 2 is 1.58 bits per heavy atom. The lowest BCUT2D eigenvalue weighted by Crippen LogP contribution is -2.13. The minimum atomic E-state index is -0.944. The van der Waals surface area contributed by atoms with Gasteiger partial charge in [0, 0.05) is 28.7 Å². The van der Waals surface area contributed by atoms with Crippen molar-refractivity contribution in [3.63, 3.8) is 0 Å². The fourth-order valence-corrected chi connectivity index (χ4v) is 3.74. The number of carbonyl (C=O) groups is 1. The molecule has 0 heterocycles. The Morgan fingerprint density at radius 3 is 2.19 bits per heavy atom. The van der Waals surface area contributed by atoms with E-state index in [2.05, 4.69) is 5.32 Å². The van der Waals surface area contributed by atoms with Gasteiger partial charge < -0.3 is 19.9 Å². The molecule has 0 aliphatic carbocycles. The first kappa shape index (κ1) is 23.2. The van der Waals surface area contributed by atoms with E-state index >= 15 is 0 Å². The second-order valence-corrected chi connectivity index (χ2v) is 7.93. The van der Waals surface area contributed by atoms with Gasteiger partial charge in [-0.15, -0.1) is 0 Å². The zero-order chi connectivity index (χ0) is 22.4. The molecule has 0 saturated carbocycles. The third-order valence-electron chi connectivity index (χ3n) is 4.57. The minimum absolute atomic E-state index is 0.151. The smallest absolute Gasteiger partial charge is 0.335 e. The van der Waals surface area contributed by atoms with Crippen molar-refractivity contribution in [3.8, 4) is 11.5 Å². The Labute approximate surface area is 195 Å². The number of methoxy groups -OCH3 is 1. The normalized spacial score (nSPS) is 10.7. The van der Waals surface area contributed by atoms with Crippen molar-refractivity contribution < 1.29 is 19.4 Å². The van der Waals surface area contributed by atoms with E-state index in [0.717, 1.165) is 11.1 Å². The summed E-state index contributed by atoms with van der Waals surface area (Å²) in [5, 5.41) is 13.7. The van der Waals surface area contributed by atoms with Crippen molar-refractivity contribution in [2.75, 3.05) is 7.11 Å². The van der Waals surface area contributed by atoms with Gasteiger partial charge in [-0.3, -0.25) is 0 Å². The number of carboxylic acids is 1. The van der Waals surface area contributed by atoms with Crippen molar-refractivity contribution in [3.05, 3.63) is 91.9 Å². The molecular formula is C23H20Cl3NO4. The predicted molar refractivity (Wildman–Crippen MR) is 123 cm³/mol. The zero-order valence-corrected chi connectivity index (χ0v) is 18.9. The lowest BCUT2D eigenvalue weighted by molar-refractivity contribution is 0.0697. The Morgan fingerprint density at radius 1 is 0.935 bits per heavy atom. The van der Waals surface area contributed by atoms with E-state index in [0.29, 0.717) is 45.2 Å². The summed E-state index contributed by atoms with van der Waals surface area (Å²) in [5.41, 5.74) is 2.81. The van der Waals surface area contributed by atoms with E-state index in [9.17, 15) is 4.79 Å². The number of ether oxygens (including phenoxy) is 2. The highest BCUT2D eigenvalue weighted by molar-refractivity contribution is 6.36. The maximum absolute atomic E-state index is 10.9. The van der Waals surface area contributed by atoms with Crippen LogP contribution in [-0.4, -0.2) is 18.2 Å². The summed E-state index contributed by atoms with van der Waals surface area (Å²) in [5.74, 6) is -0.0354. The van der Waals surface area contributed by atoms with Gasteiger partial charge in [-0.05, 0) is 47.5 Å². The van der Waals surface area contributed by atoms with Crippen molar-refractivity contribution in [2.24, 2.45) is 0 Å². The molecule has 0 radical (unpaired) electrons. The molecule has 0 spiro atoms. The zero-order valence-electron chi connectivity index (χ0n) is 16.6. The van der Waals surface area contributed by atoms with E-state index in [-0.39, 0.29) is 12.2 Å². The SMILES string of the molecule is COc1cc(CNCc2ccc(C(=O)O)cc2)cc(Cl)c1OCc1c(Cl)cccc1Cl. The molecule has 2 N–H and O–H groups in total. The molecule has 0 unspecified atom stereocenters. The number of benzene rings is 3. The second kappa shape index (κ2) is 10.7. The molecule has 3 rings (SSSR count). The summed E-state index contributed by atoms with van der Waals surface area (Å²) >= 11 is 18.8. The van der Waals surface area contributed by atoms with Gasteiger partial charge in [0.2, 0.25) is 0 Å². The molecule has 5 nitrogen and oxygen atoms in total. The van der Waals surface area contributed by atoms with Crippen LogP contribution < -0.4 is 14.8 Å². The summed E-state index contributed by atoms with van der Waals surface area (Å²) in [6, 6.07) is 15.6. The first-order valence-corrected chi connectivity index (χ1v) is 10.5.